The quantitative estimate of drug-likeness (QED) is 0.804. The summed E-state index contributed by atoms with van der Waals surface area (Å²) in [6, 6.07) is 4.71. The average Bonchev–Trinajstić information content (AvgIpc) is 2.51. The number of carboxylic acids is 1. The molecule has 2 rings (SSSR count). The molecule has 1 N–H and O–H groups in total. The van der Waals surface area contributed by atoms with Gasteiger partial charge in [-0.3, -0.25) is 0 Å². The van der Waals surface area contributed by atoms with Crippen LogP contribution in [0.1, 0.15) is 28.9 Å². The third-order valence-electron chi connectivity index (χ3n) is 3.64. The first-order valence-electron chi connectivity index (χ1n) is 6.51. The summed E-state index contributed by atoms with van der Waals surface area (Å²) in [6.07, 6.45) is 0. The molecule has 0 aliphatic carbocycles. The Kier molecular flexibility index (Phi) is 4.16. The zero-order chi connectivity index (χ0) is 16.4. The molecule has 22 heavy (non-hydrogen) atoms. The van der Waals surface area contributed by atoms with Crippen LogP contribution in [-0.2, 0) is 9.53 Å². The van der Waals surface area contributed by atoms with Crippen LogP contribution in [0, 0.1) is 0 Å². The van der Waals surface area contributed by atoms with Gasteiger partial charge in [-0.1, -0.05) is 24.3 Å². The van der Waals surface area contributed by atoms with Crippen LogP contribution in [0.15, 0.2) is 35.5 Å². The Morgan fingerprint density at radius 3 is 2.36 bits per heavy atom. The van der Waals surface area contributed by atoms with Crippen LogP contribution in [-0.4, -0.2) is 37.0 Å². The molecule has 1 aliphatic heterocycles. The van der Waals surface area contributed by atoms with Crippen molar-refractivity contribution in [1.29, 1.82) is 0 Å². The number of aromatic carboxylic acids is 1. The number of carbonyl (C=O) groups excluding carboxylic acids is 3. The van der Waals surface area contributed by atoms with Crippen molar-refractivity contribution in [2.75, 3.05) is 14.2 Å². The Morgan fingerprint density at radius 1 is 1.27 bits per heavy atom. The number of allylic oxidation sites excluding steroid dienone is 1. The van der Waals surface area contributed by atoms with E-state index in [1.807, 2.05) is 0 Å². The fraction of sp³-hybridized carbons (Fsp3) is 0.267. The molecule has 1 aromatic carbocycles. The lowest BCUT2D eigenvalue weighted by atomic mass is 9.94. The van der Waals surface area contributed by atoms with Crippen LogP contribution < -0.4 is 10.4 Å². The predicted octanol–water partition coefficient (Wildman–Crippen LogP) is 0.193. The molecule has 1 aromatic rings. The van der Waals surface area contributed by atoms with E-state index >= 15 is 0 Å². The zero-order valence-corrected chi connectivity index (χ0v) is 12.4. The fourth-order valence-corrected chi connectivity index (χ4v) is 2.27. The van der Waals surface area contributed by atoms with Crippen LogP contribution in [0.4, 0.5) is 4.79 Å². The second kappa shape index (κ2) is 5.88. The van der Waals surface area contributed by atoms with Gasteiger partial charge in [0.25, 0.3) is 0 Å². The van der Waals surface area contributed by atoms with Crippen LogP contribution in [0.3, 0.4) is 0 Å². The minimum absolute atomic E-state index is 0.0170. The normalized spacial score (nSPS) is 18.0. The van der Waals surface area contributed by atoms with E-state index in [4.69, 9.17) is 4.74 Å². The first-order valence-corrected chi connectivity index (χ1v) is 6.51. The van der Waals surface area contributed by atoms with Crippen LogP contribution in [0.5, 0.6) is 0 Å². The Morgan fingerprint density at radius 2 is 1.86 bits per heavy atom. The van der Waals surface area contributed by atoms with E-state index in [9.17, 15) is 19.5 Å². The summed E-state index contributed by atoms with van der Waals surface area (Å²) in [5.74, 6) is -1.85. The number of nitrogens with one attached hydrogen (secondary N) is 1. The van der Waals surface area contributed by atoms with Gasteiger partial charge in [-0.25, -0.2) is 9.59 Å². The zero-order valence-electron chi connectivity index (χ0n) is 12.4. The lowest BCUT2D eigenvalue weighted by molar-refractivity contribution is -0.255. The number of esters is 1. The number of ether oxygens (including phenoxy) is 1. The summed E-state index contributed by atoms with van der Waals surface area (Å²) in [5, 5.41) is 13.5. The van der Waals surface area contributed by atoms with Gasteiger partial charge < -0.3 is 24.9 Å². The van der Waals surface area contributed by atoms with Crippen molar-refractivity contribution >= 4 is 18.0 Å². The molecule has 116 valence electrons. The van der Waals surface area contributed by atoms with E-state index in [0.717, 1.165) is 0 Å². The van der Waals surface area contributed by atoms with Crippen LogP contribution in [0.2, 0.25) is 0 Å². The van der Waals surface area contributed by atoms with E-state index in [1.54, 1.807) is 14.0 Å². The topological polar surface area (TPSA) is 98.8 Å². The van der Waals surface area contributed by atoms with Crippen LogP contribution >= 0.6 is 0 Å². The van der Waals surface area contributed by atoms with Crippen molar-refractivity contribution in [2.45, 2.75) is 13.0 Å². The standard InChI is InChI=1S/C15H16N2O5/c1-8-11(14(20)22-3)12(16-15(21)17(8)2)9-4-6-10(7-5-9)13(18)19/h4-7,12H,1-3H3,(H,16,21)(H,18,19)/p-1. The summed E-state index contributed by atoms with van der Waals surface area (Å²) >= 11 is 0. The number of urea groups is 1. The van der Waals surface area contributed by atoms with Crippen molar-refractivity contribution in [2.24, 2.45) is 0 Å². The number of hydrogen-bond acceptors (Lipinski definition) is 5. The molecule has 0 fully saturated rings. The SMILES string of the molecule is COC(=O)C1=C(C)N(C)C(=O)NC1c1ccc(C(=O)[O-])cc1. The molecule has 1 aliphatic rings. The lowest BCUT2D eigenvalue weighted by Gasteiger charge is -2.33. The van der Waals surface area contributed by atoms with Crippen LogP contribution in [0.25, 0.3) is 0 Å². The van der Waals surface area contributed by atoms with Gasteiger partial charge >= 0.3 is 12.0 Å². The number of benzene rings is 1. The minimum atomic E-state index is -1.29. The number of carbonyl (C=O) groups is 3. The number of rotatable bonds is 3. The minimum Gasteiger partial charge on any atom is -0.545 e. The maximum absolute atomic E-state index is 12.0. The number of amides is 2. The number of nitrogens with zero attached hydrogens (tertiary/aromatic N) is 1. The predicted molar refractivity (Wildman–Crippen MR) is 74.5 cm³/mol. The second-order valence-electron chi connectivity index (χ2n) is 4.84. The third kappa shape index (κ3) is 2.65. The van der Waals surface area contributed by atoms with E-state index < -0.39 is 18.0 Å². The van der Waals surface area contributed by atoms with Crippen molar-refractivity contribution in [1.82, 2.24) is 10.2 Å². The molecule has 0 radical (unpaired) electrons. The summed E-state index contributed by atoms with van der Waals surface area (Å²) in [6.45, 7) is 1.65. The smallest absolute Gasteiger partial charge is 0.337 e. The van der Waals surface area contributed by atoms with E-state index in [0.29, 0.717) is 16.8 Å². The monoisotopic (exact) mass is 303 g/mol. The van der Waals surface area contributed by atoms with Gasteiger partial charge in [0.05, 0.1) is 24.7 Å². The van der Waals surface area contributed by atoms with Gasteiger partial charge in [0.1, 0.15) is 0 Å². The Balaban J connectivity index is 2.49. The molecule has 1 unspecified atom stereocenters. The molecule has 0 bridgehead atoms. The van der Waals surface area contributed by atoms with Crippen molar-refractivity contribution < 1.29 is 24.2 Å². The van der Waals surface area contributed by atoms with Crippen molar-refractivity contribution in [3.8, 4) is 0 Å². The van der Waals surface area contributed by atoms with E-state index in [1.165, 1.54) is 36.3 Å². The molecule has 0 aromatic heterocycles. The number of carboxylic acid groups (broad SMARTS) is 1. The molecule has 0 saturated heterocycles. The molecule has 7 nitrogen and oxygen atoms in total. The largest absolute Gasteiger partial charge is 0.545 e. The summed E-state index contributed by atoms with van der Waals surface area (Å²) < 4.78 is 4.78. The molecule has 1 atom stereocenters. The highest BCUT2D eigenvalue weighted by atomic mass is 16.5. The molecule has 2 amide bonds. The Bertz CT molecular complexity index is 663. The van der Waals surface area contributed by atoms with Gasteiger partial charge in [0.2, 0.25) is 0 Å². The Hall–Kier alpha value is -2.83. The number of hydrogen-bond donors (Lipinski definition) is 1. The Labute approximate surface area is 127 Å². The highest BCUT2D eigenvalue weighted by molar-refractivity contribution is 5.95. The molecule has 0 spiro atoms. The highest BCUT2D eigenvalue weighted by Crippen LogP contribution is 2.30. The second-order valence-corrected chi connectivity index (χ2v) is 4.84. The maximum atomic E-state index is 12.0. The van der Waals surface area contributed by atoms with Crippen molar-refractivity contribution in [3.63, 3.8) is 0 Å². The van der Waals surface area contributed by atoms with Gasteiger partial charge in [-0.15, -0.1) is 0 Å². The fourth-order valence-electron chi connectivity index (χ4n) is 2.27. The first kappa shape index (κ1) is 15.6. The van der Waals surface area contributed by atoms with Gasteiger partial charge in [-0.05, 0) is 18.1 Å². The van der Waals surface area contributed by atoms with E-state index in [2.05, 4.69) is 5.32 Å². The number of methoxy groups -OCH3 is 1. The molecule has 1 heterocycles. The highest BCUT2D eigenvalue weighted by Gasteiger charge is 2.34. The summed E-state index contributed by atoms with van der Waals surface area (Å²) in [4.78, 5) is 36.1. The maximum Gasteiger partial charge on any atom is 0.337 e. The average molecular weight is 303 g/mol. The lowest BCUT2D eigenvalue weighted by Crippen LogP contribution is -2.46. The van der Waals surface area contributed by atoms with E-state index in [-0.39, 0.29) is 11.6 Å². The molecule has 0 saturated carbocycles. The molecular formula is C15H15N2O5-. The molecule has 7 heteroatoms. The van der Waals surface area contributed by atoms with Gasteiger partial charge in [0, 0.05) is 12.7 Å². The van der Waals surface area contributed by atoms with Gasteiger partial charge in [0.15, 0.2) is 0 Å². The first-order chi connectivity index (χ1) is 10.4. The van der Waals surface area contributed by atoms with Crippen molar-refractivity contribution in [3.05, 3.63) is 46.7 Å². The summed E-state index contributed by atoms with van der Waals surface area (Å²) in [7, 11) is 2.80. The third-order valence-corrected chi connectivity index (χ3v) is 3.64. The summed E-state index contributed by atoms with van der Waals surface area (Å²) in [5.41, 5.74) is 1.37. The van der Waals surface area contributed by atoms with Gasteiger partial charge in [-0.2, -0.15) is 0 Å². The molecular weight excluding hydrogens is 288 g/mol.